The smallest absolute Gasteiger partial charge is 0.251 e. The summed E-state index contributed by atoms with van der Waals surface area (Å²) >= 11 is 0. The summed E-state index contributed by atoms with van der Waals surface area (Å²) in [5.74, 6) is -0.545. The van der Waals surface area contributed by atoms with Gasteiger partial charge >= 0.3 is 0 Å². The molecule has 3 N–H and O–H groups in total. The Bertz CT molecular complexity index is 640. The standard InChI is InChI=1S/C16H17FN2O/c1-10-6-7-13(9-15(10)18)16(20)19-11(2)12-4-3-5-14(17)8-12/h3-9,11H,18H2,1-2H3,(H,19,20). The molecule has 2 aromatic rings. The van der Waals surface area contributed by atoms with E-state index < -0.39 is 0 Å². The maximum atomic E-state index is 13.2. The number of halogens is 1. The van der Waals surface area contributed by atoms with Gasteiger partial charge in [0.05, 0.1) is 6.04 Å². The summed E-state index contributed by atoms with van der Waals surface area (Å²) in [4.78, 5) is 12.1. The van der Waals surface area contributed by atoms with Crippen molar-refractivity contribution in [2.24, 2.45) is 0 Å². The van der Waals surface area contributed by atoms with Crippen molar-refractivity contribution >= 4 is 11.6 Å². The van der Waals surface area contributed by atoms with Crippen LogP contribution < -0.4 is 11.1 Å². The summed E-state index contributed by atoms with van der Waals surface area (Å²) in [7, 11) is 0. The van der Waals surface area contributed by atoms with Crippen molar-refractivity contribution in [2.45, 2.75) is 19.9 Å². The zero-order valence-electron chi connectivity index (χ0n) is 11.5. The van der Waals surface area contributed by atoms with Gasteiger partial charge in [0.25, 0.3) is 5.91 Å². The van der Waals surface area contributed by atoms with Crippen LogP contribution in [0.4, 0.5) is 10.1 Å². The molecule has 1 unspecified atom stereocenters. The SMILES string of the molecule is Cc1ccc(C(=O)NC(C)c2cccc(F)c2)cc1N. The molecule has 2 aromatic carbocycles. The molecule has 0 aliphatic rings. The molecule has 104 valence electrons. The number of aryl methyl sites for hydroxylation is 1. The van der Waals surface area contributed by atoms with Crippen LogP contribution in [0.25, 0.3) is 0 Å². The van der Waals surface area contributed by atoms with Gasteiger partial charge in [-0.25, -0.2) is 4.39 Å². The number of nitrogens with two attached hydrogens (primary N) is 1. The van der Waals surface area contributed by atoms with E-state index in [4.69, 9.17) is 5.73 Å². The topological polar surface area (TPSA) is 55.1 Å². The van der Waals surface area contributed by atoms with Crippen LogP contribution in [0.2, 0.25) is 0 Å². The van der Waals surface area contributed by atoms with Crippen molar-refractivity contribution in [3.63, 3.8) is 0 Å². The van der Waals surface area contributed by atoms with E-state index in [2.05, 4.69) is 5.32 Å². The van der Waals surface area contributed by atoms with Gasteiger partial charge in [-0.05, 0) is 49.2 Å². The molecule has 0 bridgehead atoms. The molecule has 0 spiro atoms. The highest BCUT2D eigenvalue weighted by atomic mass is 19.1. The maximum absolute atomic E-state index is 13.2. The first kappa shape index (κ1) is 14.1. The molecule has 2 rings (SSSR count). The highest BCUT2D eigenvalue weighted by molar-refractivity contribution is 5.95. The van der Waals surface area contributed by atoms with Crippen molar-refractivity contribution < 1.29 is 9.18 Å². The molecule has 4 heteroatoms. The number of carbonyl (C=O) groups is 1. The maximum Gasteiger partial charge on any atom is 0.251 e. The second kappa shape index (κ2) is 5.74. The van der Waals surface area contributed by atoms with E-state index in [1.807, 2.05) is 13.8 Å². The lowest BCUT2D eigenvalue weighted by atomic mass is 10.1. The van der Waals surface area contributed by atoms with Gasteiger partial charge in [0.15, 0.2) is 0 Å². The Kier molecular flexibility index (Phi) is 4.03. The lowest BCUT2D eigenvalue weighted by Gasteiger charge is -2.15. The highest BCUT2D eigenvalue weighted by Crippen LogP contribution is 2.16. The van der Waals surface area contributed by atoms with E-state index in [-0.39, 0.29) is 17.8 Å². The number of rotatable bonds is 3. The van der Waals surface area contributed by atoms with Crippen LogP contribution in [0.15, 0.2) is 42.5 Å². The predicted molar refractivity (Wildman–Crippen MR) is 77.9 cm³/mol. The zero-order chi connectivity index (χ0) is 14.7. The van der Waals surface area contributed by atoms with Crippen LogP contribution in [0.1, 0.15) is 34.5 Å². The van der Waals surface area contributed by atoms with E-state index in [0.29, 0.717) is 11.3 Å². The average Bonchev–Trinajstić information content (AvgIpc) is 2.41. The van der Waals surface area contributed by atoms with Gasteiger partial charge in [-0.1, -0.05) is 18.2 Å². The summed E-state index contributed by atoms with van der Waals surface area (Å²) in [6.07, 6.45) is 0. The fourth-order valence-corrected chi connectivity index (χ4v) is 1.92. The monoisotopic (exact) mass is 272 g/mol. The van der Waals surface area contributed by atoms with Gasteiger partial charge in [-0.2, -0.15) is 0 Å². The van der Waals surface area contributed by atoms with E-state index in [9.17, 15) is 9.18 Å². The summed E-state index contributed by atoms with van der Waals surface area (Å²) in [6, 6.07) is 11.1. The number of hydrogen-bond acceptors (Lipinski definition) is 2. The zero-order valence-corrected chi connectivity index (χ0v) is 11.5. The van der Waals surface area contributed by atoms with Crippen molar-refractivity contribution in [2.75, 3.05) is 5.73 Å². The molecular formula is C16H17FN2O. The predicted octanol–water partition coefficient (Wildman–Crippen LogP) is 3.21. The fourth-order valence-electron chi connectivity index (χ4n) is 1.92. The first-order chi connectivity index (χ1) is 9.47. The minimum absolute atomic E-state index is 0.228. The Hall–Kier alpha value is -2.36. The average molecular weight is 272 g/mol. The first-order valence-electron chi connectivity index (χ1n) is 6.40. The molecule has 20 heavy (non-hydrogen) atoms. The Morgan fingerprint density at radius 2 is 2.00 bits per heavy atom. The van der Waals surface area contributed by atoms with Crippen LogP contribution in [-0.4, -0.2) is 5.91 Å². The molecular weight excluding hydrogens is 255 g/mol. The van der Waals surface area contributed by atoms with Crippen LogP contribution in [-0.2, 0) is 0 Å². The number of nitrogen functional groups attached to an aromatic ring is 1. The Morgan fingerprint density at radius 1 is 1.25 bits per heavy atom. The molecule has 0 radical (unpaired) electrons. The van der Waals surface area contributed by atoms with Crippen molar-refractivity contribution in [3.05, 3.63) is 65.0 Å². The second-order valence-electron chi connectivity index (χ2n) is 4.82. The van der Waals surface area contributed by atoms with Crippen molar-refractivity contribution in [1.29, 1.82) is 0 Å². The Labute approximate surface area is 117 Å². The number of anilines is 1. The van der Waals surface area contributed by atoms with Crippen molar-refractivity contribution in [3.8, 4) is 0 Å². The molecule has 0 saturated heterocycles. The molecule has 0 fully saturated rings. The summed E-state index contributed by atoms with van der Waals surface area (Å²) in [5, 5.41) is 2.83. The third-order valence-electron chi connectivity index (χ3n) is 3.24. The molecule has 0 aliphatic heterocycles. The van der Waals surface area contributed by atoms with E-state index in [0.717, 1.165) is 11.1 Å². The van der Waals surface area contributed by atoms with Crippen LogP contribution in [0.5, 0.6) is 0 Å². The number of nitrogens with one attached hydrogen (secondary N) is 1. The Balaban J connectivity index is 2.13. The minimum atomic E-state index is -0.317. The van der Waals surface area contributed by atoms with Gasteiger partial charge < -0.3 is 11.1 Å². The highest BCUT2D eigenvalue weighted by Gasteiger charge is 2.12. The molecule has 1 atom stereocenters. The van der Waals surface area contributed by atoms with Crippen LogP contribution in [0, 0.1) is 12.7 Å². The van der Waals surface area contributed by atoms with Crippen LogP contribution >= 0.6 is 0 Å². The van der Waals surface area contributed by atoms with Gasteiger partial charge in [-0.3, -0.25) is 4.79 Å². The molecule has 1 amide bonds. The fraction of sp³-hybridized carbons (Fsp3) is 0.188. The second-order valence-corrected chi connectivity index (χ2v) is 4.82. The lowest BCUT2D eigenvalue weighted by molar-refractivity contribution is 0.0940. The van der Waals surface area contributed by atoms with E-state index in [1.165, 1.54) is 12.1 Å². The summed E-state index contributed by atoms with van der Waals surface area (Å²) in [5.41, 5.74) is 8.52. The van der Waals surface area contributed by atoms with Gasteiger partial charge in [0, 0.05) is 11.3 Å². The largest absolute Gasteiger partial charge is 0.398 e. The first-order valence-corrected chi connectivity index (χ1v) is 6.40. The third kappa shape index (κ3) is 3.15. The van der Waals surface area contributed by atoms with Gasteiger partial charge in [-0.15, -0.1) is 0 Å². The molecule has 3 nitrogen and oxygen atoms in total. The number of amides is 1. The summed E-state index contributed by atoms with van der Waals surface area (Å²) < 4.78 is 13.2. The normalized spacial score (nSPS) is 11.9. The van der Waals surface area contributed by atoms with Gasteiger partial charge in [0.2, 0.25) is 0 Å². The lowest BCUT2D eigenvalue weighted by Crippen LogP contribution is -2.26. The number of benzene rings is 2. The summed E-state index contributed by atoms with van der Waals surface area (Å²) in [6.45, 7) is 3.69. The number of carbonyl (C=O) groups excluding carboxylic acids is 1. The number of hydrogen-bond donors (Lipinski definition) is 2. The molecule has 0 aliphatic carbocycles. The van der Waals surface area contributed by atoms with E-state index in [1.54, 1.807) is 30.3 Å². The Morgan fingerprint density at radius 3 is 2.65 bits per heavy atom. The third-order valence-corrected chi connectivity index (χ3v) is 3.24. The molecule has 0 heterocycles. The van der Waals surface area contributed by atoms with Crippen molar-refractivity contribution in [1.82, 2.24) is 5.32 Å². The quantitative estimate of drug-likeness (QED) is 0.843. The molecule has 0 aromatic heterocycles. The van der Waals surface area contributed by atoms with E-state index >= 15 is 0 Å². The van der Waals surface area contributed by atoms with Gasteiger partial charge in [0.1, 0.15) is 5.82 Å². The molecule has 0 saturated carbocycles. The minimum Gasteiger partial charge on any atom is -0.398 e. The van der Waals surface area contributed by atoms with Crippen LogP contribution in [0.3, 0.4) is 0 Å².